The third kappa shape index (κ3) is 3.87. The fourth-order valence-corrected chi connectivity index (χ4v) is 4.70. The van der Waals surface area contributed by atoms with Crippen LogP contribution in [-0.4, -0.2) is 72.6 Å². The molecule has 0 bridgehead atoms. The van der Waals surface area contributed by atoms with Gasteiger partial charge < -0.3 is 19.4 Å². The largest absolute Gasteiger partial charge is 0.363 e. The number of rotatable bonds is 2. The van der Waals surface area contributed by atoms with Crippen LogP contribution in [0.15, 0.2) is 30.3 Å². The molecule has 3 heterocycles. The Morgan fingerprint density at radius 1 is 1.07 bits per heavy atom. The highest BCUT2D eigenvalue weighted by atomic mass is 16.5. The van der Waals surface area contributed by atoms with Gasteiger partial charge in [0.1, 0.15) is 6.61 Å². The second kappa shape index (κ2) is 7.60. The van der Waals surface area contributed by atoms with Crippen LogP contribution in [0.2, 0.25) is 0 Å². The molecule has 3 saturated heterocycles. The van der Waals surface area contributed by atoms with Crippen molar-refractivity contribution in [1.82, 2.24) is 9.80 Å². The van der Waals surface area contributed by atoms with Crippen LogP contribution < -0.4 is 4.90 Å². The lowest BCUT2D eigenvalue weighted by Crippen LogP contribution is -2.60. The van der Waals surface area contributed by atoms with Crippen LogP contribution in [0.3, 0.4) is 0 Å². The molecule has 1 aromatic rings. The predicted octanol–water partition coefficient (Wildman–Crippen LogP) is 1.90. The summed E-state index contributed by atoms with van der Waals surface area (Å²) in [6, 6.07) is 10.5. The highest BCUT2D eigenvalue weighted by Crippen LogP contribution is 2.34. The van der Waals surface area contributed by atoms with E-state index >= 15 is 0 Å². The van der Waals surface area contributed by atoms with Crippen molar-refractivity contribution in [2.24, 2.45) is 0 Å². The number of anilines is 1. The van der Waals surface area contributed by atoms with Gasteiger partial charge in [-0.1, -0.05) is 18.2 Å². The van der Waals surface area contributed by atoms with Crippen molar-refractivity contribution >= 4 is 17.5 Å². The van der Waals surface area contributed by atoms with Crippen molar-refractivity contribution < 1.29 is 14.3 Å². The van der Waals surface area contributed by atoms with Gasteiger partial charge >= 0.3 is 0 Å². The van der Waals surface area contributed by atoms with E-state index in [2.05, 4.69) is 4.90 Å². The van der Waals surface area contributed by atoms with Crippen LogP contribution >= 0.6 is 0 Å². The number of likely N-dealkylation sites (tertiary alicyclic amines) is 2. The average Bonchev–Trinajstić information content (AvgIpc) is 2.71. The Labute approximate surface area is 161 Å². The topological polar surface area (TPSA) is 53.1 Å². The summed E-state index contributed by atoms with van der Waals surface area (Å²) >= 11 is 0. The molecule has 0 radical (unpaired) electrons. The summed E-state index contributed by atoms with van der Waals surface area (Å²) in [7, 11) is 0. The van der Waals surface area contributed by atoms with E-state index in [9.17, 15) is 9.59 Å². The van der Waals surface area contributed by atoms with Crippen molar-refractivity contribution in [3.8, 4) is 0 Å². The van der Waals surface area contributed by atoms with Gasteiger partial charge in [-0.05, 0) is 37.8 Å². The first-order chi connectivity index (χ1) is 13.1. The number of hydrogen-bond acceptors (Lipinski definition) is 4. The molecule has 0 unspecified atom stereocenters. The van der Waals surface area contributed by atoms with Gasteiger partial charge in [-0.25, -0.2) is 0 Å². The van der Waals surface area contributed by atoms with Crippen molar-refractivity contribution in [3.05, 3.63) is 30.3 Å². The Kier molecular flexibility index (Phi) is 5.19. The van der Waals surface area contributed by atoms with Gasteiger partial charge in [0, 0.05) is 44.8 Å². The summed E-state index contributed by atoms with van der Waals surface area (Å²) in [5.74, 6) is 0.234. The van der Waals surface area contributed by atoms with E-state index in [0.29, 0.717) is 12.6 Å². The van der Waals surface area contributed by atoms with Crippen LogP contribution in [0.4, 0.5) is 5.69 Å². The number of nitrogens with zero attached hydrogens (tertiary/aromatic N) is 3. The molecule has 4 rings (SSSR count). The SMILES string of the molecule is CC(=O)N1CCC(N2CCC3(CC2)CN(c2ccccc2)C(=O)CO3)CC1. The maximum atomic E-state index is 12.4. The van der Waals surface area contributed by atoms with Crippen LogP contribution in [0.25, 0.3) is 0 Å². The van der Waals surface area contributed by atoms with Gasteiger partial charge in [0.15, 0.2) is 0 Å². The van der Waals surface area contributed by atoms with Crippen molar-refractivity contribution in [2.75, 3.05) is 44.2 Å². The first kappa shape index (κ1) is 18.4. The van der Waals surface area contributed by atoms with Crippen LogP contribution in [0.1, 0.15) is 32.6 Å². The molecule has 6 heteroatoms. The third-order valence-electron chi connectivity index (χ3n) is 6.45. The summed E-state index contributed by atoms with van der Waals surface area (Å²) in [5, 5.41) is 0. The second-order valence-corrected chi connectivity index (χ2v) is 8.06. The Balaban J connectivity index is 1.36. The first-order valence-corrected chi connectivity index (χ1v) is 10.1. The van der Waals surface area contributed by atoms with Crippen LogP contribution in [0, 0.1) is 0 Å². The summed E-state index contributed by atoms with van der Waals surface area (Å²) in [6.45, 7) is 6.22. The number of benzene rings is 1. The van der Waals surface area contributed by atoms with E-state index < -0.39 is 0 Å². The summed E-state index contributed by atoms with van der Waals surface area (Å²) in [5.41, 5.74) is 0.740. The van der Waals surface area contributed by atoms with Gasteiger partial charge in [0.05, 0.1) is 12.1 Å². The van der Waals surface area contributed by atoms with E-state index in [1.165, 1.54) is 0 Å². The maximum absolute atomic E-state index is 12.4. The molecule has 3 aliphatic heterocycles. The fraction of sp³-hybridized carbons (Fsp3) is 0.619. The number of ether oxygens (including phenoxy) is 1. The van der Waals surface area contributed by atoms with E-state index in [0.717, 1.165) is 57.5 Å². The minimum atomic E-state index is -0.222. The minimum absolute atomic E-state index is 0.0471. The molecule has 2 amide bonds. The second-order valence-electron chi connectivity index (χ2n) is 8.06. The van der Waals surface area contributed by atoms with Gasteiger partial charge in [-0.2, -0.15) is 0 Å². The molecule has 27 heavy (non-hydrogen) atoms. The molecule has 3 fully saturated rings. The molecule has 0 saturated carbocycles. The molecule has 146 valence electrons. The zero-order valence-electron chi connectivity index (χ0n) is 16.1. The number of amides is 2. The molecular formula is C21H29N3O3. The van der Waals surface area contributed by atoms with Crippen LogP contribution in [-0.2, 0) is 14.3 Å². The average molecular weight is 371 g/mol. The summed E-state index contributed by atoms with van der Waals surface area (Å²) < 4.78 is 6.08. The lowest BCUT2D eigenvalue weighted by molar-refractivity contribution is -0.146. The number of carbonyl (C=O) groups is 2. The third-order valence-corrected chi connectivity index (χ3v) is 6.45. The smallest absolute Gasteiger partial charge is 0.253 e. The van der Waals surface area contributed by atoms with Crippen molar-refractivity contribution in [3.63, 3.8) is 0 Å². The molecule has 0 aromatic heterocycles. The number of carbonyl (C=O) groups excluding carboxylic acids is 2. The highest BCUT2D eigenvalue weighted by Gasteiger charge is 2.43. The standard InChI is InChI=1S/C21H29N3O3/c1-17(25)22-11-7-18(8-12-22)23-13-9-21(10-14-23)16-24(20(26)15-27-21)19-5-3-2-4-6-19/h2-6,18H,7-16H2,1H3. The zero-order valence-corrected chi connectivity index (χ0v) is 16.1. The highest BCUT2D eigenvalue weighted by molar-refractivity contribution is 5.95. The molecule has 0 atom stereocenters. The summed E-state index contributed by atoms with van der Waals surface area (Å²) in [6.07, 6.45) is 4.02. The number of piperidine rings is 2. The normalized spacial score (nSPS) is 24.4. The lowest BCUT2D eigenvalue weighted by atomic mass is 9.87. The number of morpholine rings is 1. The maximum Gasteiger partial charge on any atom is 0.253 e. The fourth-order valence-electron chi connectivity index (χ4n) is 4.70. The molecule has 0 N–H and O–H groups in total. The molecule has 1 aromatic carbocycles. The van der Waals surface area contributed by atoms with E-state index in [4.69, 9.17) is 4.74 Å². The lowest BCUT2D eigenvalue weighted by Gasteiger charge is -2.49. The quantitative estimate of drug-likeness (QED) is 0.797. The number of para-hydroxylation sites is 1. The Morgan fingerprint density at radius 3 is 2.37 bits per heavy atom. The van der Waals surface area contributed by atoms with Crippen molar-refractivity contribution in [2.45, 2.75) is 44.2 Å². The van der Waals surface area contributed by atoms with Crippen molar-refractivity contribution in [1.29, 1.82) is 0 Å². The van der Waals surface area contributed by atoms with E-state index in [1.807, 2.05) is 40.1 Å². The van der Waals surface area contributed by atoms with Gasteiger partial charge in [-0.15, -0.1) is 0 Å². The molecule has 3 aliphatic rings. The first-order valence-electron chi connectivity index (χ1n) is 10.1. The molecular weight excluding hydrogens is 342 g/mol. The van der Waals surface area contributed by atoms with Gasteiger partial charge in [0.25, 0.3) is 5.91 Å². The minimum Gasteiger partial charge on any atom is -0.363 e. The monoisotopic (exact) mass is 371 g/mol. The molecule has 1 spiro atoms. The van der Waals surface area contributed by atoms with Gasteiger partial charge in [0.2, 0.25) is 5.91 Å². The zero-order chi connectivity index (χ0) is 18.9. The molecule has 0 aliphatic carbocycles. The Bertz CT molecular complexity index is 677. The van der Waals surface area contributed by atoms with Crippen LogP contribution in [0.5, 0.6) is 0 Å². The van der Waals surface area contributed by atoms with E-state index in [1.54, 1.807) is 6.92 Å². The van der Waals surface area contributed by atoms with Gasteiger partial charge in [-0.3, -0.25) is 9.59 Å². The molecule has 6 nitrogen and oxygen atoms in total. The summed E-state index contributed by atoms with van der Waals surface area (Å²) in [4.78, 5) is 30.3. The Morgan fingerprint density at radius 2 is 1.74 bits per heavy atom. The number of hydrogen-bond donors (Lipinski definition) is 0. The Hall–Kier alpha value is -1.92. The predicted molar refractivity (Wildman–Crippen MR) is 104 cm³/mol. The van der Waals surface area contributed by atoms with E-state index in [-0.39, 0.29) is 24.0 Å².